The van der Waals surface area contributed by atoms with E-state index in [4.69, 9.17) is 4.52 Å². The summed E-state index contributed by atoms with van der Waals surface area (Å²) in [5.41, 5.74) is 4.63. The summed E-state index contributed by atoms with van der Waals surface area (Å²) in [5, 5.41) is 5.94. The Bertz CT molecular complexity index is 830. The number of rotatable bonds is 5. The molecule has 1 heterocycles. The third-order valence-corrected chi connectivity index (χ3v) is 3.77. The Morgan fingerprint density at radius 2 is 1.57 bits per heavy atom. The van der Waals surface area contributed by atoms with Gasteiger partial charge in [0.1, 0.15) is 0 Å². The van der Waals surface area contributed by atoms with Crippen LogP contribution in [0.1, 0.15) is 22.4 Å². The second-order valence-electron chi connectivity index (χ2n) is 5.69. The maximum Gasteiger partial charge on any atom is 0.431 e. The van der Waals surface area contributed by atoms with E-state index in [1.807, 2.05) is 31.2 Å². The molecule has 0 aliphatic carbocycles. The van der Waals surface area contributed by atoms with Gasteiger partial charge in [-0.1, -0.05) is 47.5 Å². The van der Waals surface area contributed by atoms with E-state index in [1.54, 1.807) is 4.68 Å². The van der Waals surface area contributed by atoms with E-state index in [0.29, 0.717) is 18.8 Å². The highest BCUT2D eigenvalue weighted by atomic mass is 16.5. The van der Waals surface area contributed by atoms with Crippen LogP contribution in [0.25, 0.3) is 5.69 Å². The fourth-order valence-corrected chi connectivity index (χ4v) is 2.38. The van der Waals surface area contributed by atoms with Crippen molar-refractivity contribution in [3.8, 4) is 5.69 Å². The quantitative estimate of drug-likeness (QED) is 0.710. The van der Waals surface area contributed by atoms with Crippen LogP contribution in [0, 0.1) is 13.8 Å². The topological polar surface area (TPSA) is 61.9 Å². The van der Waals surface area contributed by atoms with E-state index in [-0.39, 0.29) is 5.63 Å². The zero-order valence-electron chi connectivity index (χ0n) is 13.3. The molecule has 2 N–H and O–H groups in total. The van der Waals surface area contributed by atoms with Crippen LogP contribution in [0.2, 0.25) is 0 Å². The molecule has 0 fully saturated rings. The van der Waals surface area contributed by atoms with Crippen LogP contribution < -0.4 is 15.6 Å². The summed E-state index contributed by atoms with van der Waals surface area (Å²) in [6.07, 6.45) is 0. The molecule has 5 nitrogen and oxygen atoms in total. The normalized spacial score (nSPS) is 10.9. The van der Waals surface area contributed by atoms with Gasteiger partial charge in [-0.15, -0.1) is 0 Å². The Morgan fingerprint density at radius 3 is 2.22 bits per heavy atom. The van der Waals surface area contributed by atoms with Crippen molar-refractivity contribution >= 4 is 0 Å². The van der Waals surface area contributed by atoms with Crippen molar-refractivity contribution in [1.29, 1.82) is 0 Å². The molecule has 0 bridgehead atoms. The predicted octanol–water partition coefficient (Wildman–Crippen LogP) is 2.15. The molecule has 0 atom stereocenters. The van der Waals surface area contributed by atoms with E-state index >= 15 is 0 Å². The second kappa shape index (κ2) is 6.62. The van der Waals surface area contributed by atoms with Gasteiger partial charge in [-0.3, -0.25) is 4.52 Å². The summed E-state index contributed by atoms with van der Waals surface area (Å²) < 4.78 is 6.61. The average molecular weight is 310 g/mol. The number of H-pyrrole nitrogens is 1. The summed E-state index contributed by atoms with van der Waals surface area (Å²) in [7, 11) is 0. The molecular formula is C18H20N3O2+. The Kier molecular flexibility index (Phi) is 4.39. The van der Waals surface area contributed by atoms with Crippen molar-refractivity contribution in [2.45, 2.75) is 26.9 Å². The van der Waals surface area contributed by atoms with Crippen molar-refractivity contribution < 1.29 is 9.20 Å². The lowest BCUT2D eigenvalue weighted by Gasteiger charge is -2.02. The largest absolute Gasteiger partial charge is 0.431 e. The maximum atomic E-state index is 11.9. The lowest BCUT2D eigenvalue weighted by atomic mass is 10.1. The van der Waals surface area contributed by atoms with Gasteiger partial charge in [0.2, 0.25) is 5.69 Å². The lowest BCUT2D eigenvalue weighted by molar-refractivity contribution is -0.677. The van der Waals surface area contributed by atoms with Crippen molar-refractivity contribution in [2.24, 2.45) is 0 Å². The summed E-state index contributed by atoms with van der Waals surface area (Å²) >= 11 is 0. The number of hydrogen-bond acceptors (Lipinski definition) is 3. The van der Waals surface area contributed by atoms with Gasteiger partial charge in [-0.2, -0.15) is 0 Å². The van der Waals surface area contributed by atoms with Crippen LogP contribution in [-0.2, 0) is 13.1 Å². The maximum absolute atomic E-state index is 11.9. The van der Waals surface area contributed by atoms with Crippen LogP contribution in [0.4, 0.5) is 0 Å². The summed E-state index contributed by atoms with van der Waals surface area (Å²) in [4.78, 5) is 11.9. The highest BCUT2D eigenvalue weighted by Gasteiger charge is 2.22. The zero-order chi connectivity index (χ0) is 16.2. The standard InChI is InChI=1S/C18H19N3O2/c1-13-3-7-15(8-4-13)11-19-12-17-18(22)23-20-21(17)16-9-5-14(2)6-10-16/h3-10,19H,11-12H2,1-2H3/p+1. The van der Waals surface area contributed by atoms with Gasteiger partial charge in [-0.05, 0) is 29.4 Å². The summed E-state index contributed by atoms with van der Waals surface area (Å²) in [5.74, 6) is 0. The highest BCUT2D eigenvalue weighted by Crippen LogP contribution is 2.04. The highest BCUT2D eigenvalue weighted by molar-refractivity contribution is 5.26. The molecule has 1 aromatic heterocycles. The van der Waals surface area contributed by atoms with Crippen molar-refractivity contribution in [2.75, 3.05) is 0 Å². The smallest absolute Gasteiger partial charge is 0.303 e. The molecule has 0 amide bonds. The number of benzene rings is 2. The first-order valence-corrected chi connectivity index (χ1v) is 7.59. The molecular weight excluding hydrogens is 290 g/mol. The molecule has 0 radical (unpaired) electrons. The van der Waals surface area contributed by atoms with Crippen LogP contribution >= 0.6 is 0 Å². The van der Waals surface area contributed by atoms with Crippen LogP contribution in [0.5, 0.6) is 0 Å². The monoisotopic (exact) mass is 310 g/mol. The zero-order valence-corrected chi connectivity index (χ0v) is 13.3. The van der Waals surface area contributed by atoms with Gasteiger partial charge in [0, 0.05) is 18.7 Å². The Morgan fingerprint density at radius 1 is 0.957 bits per heavy atom. The first-order chi connectivity index (χ1) is 11.1. The van der Waals surface area contributed by atoms with Gasteiger partial charge < -0.3 is 5.32 Å². The third-order valence-electron chi connectivity index (χ3n) is 3.77. The van der Waals surface area contributed by atoms with Crippen LogP contribution in [-0.4, -0.2) is 5.27 Å². The minimum Gasteiger partial charge on any atom is -0.303 e. The molecule has 2 aromatic carbocycles. The summed E-state index contributed by atoms with van der Waals surface area (Å²) in [6.45, 7) is 5.20. The number of nitrogens with one attached hydrogen (secondary N) is 2. The lowest BCUT2D eigenvalue weighted by Crippen LogP contribution is -2.40. The molecule has 0 unspecified atom stereocenters. The van der Waals surface area contributed by atoms with Gasteiger partial charge in [0.05, 0.1) is 6.54 Å². The van der Waals surface area contributed by atoms with Gasteiger partial charge >= 0.3 is 11.3 Å². The third kappa shape index (κ3) is 3.57. The molecule has 118 valence electrons. The van der Waals surface area contributed by atoms with E-state index < -0.39 is 0 Å². The Labute approximate surface area is 134 Å². The van der Waals surface area contributed by atoms with Gasteiger partial charge in [-0.25, -0.2) is 4.79 Å². The number of nitrogens with zero attached hydrogens (tertiary/aromatic N) is 1. The molecule has 0 aliphatic heterocycles. The van der Waals surface area contributed by atoms with Crippen LogP contribution in [0.15, 0.2) is 57.8 Å². The first-order valence-electron chi connectivity index (χ1n) is 7.59. The molecule has 0 aliphatic rings. The van der Waals surface area contributed by atoms with Crippen molar-refractivity contribution in [1.82, 2.24) is 10.6 Å². The van der Waals surface area contributed by atoms with E-state index in [1.165, 1.54) is 16.7 Å². The summed E-state index contributed by atoms with van der Waals surface area (Å²) in [6, 6.07) is 16.2. The number of aromatic amines is 1. The molecule has 23 heavy (non-hydrogen) atoms. The first kappa shape index (κ1) is 15.2. The van der Waals surface area contributed by atoms with E-state index in [2.05, 4.69) is 41.8 Å². The minimum atomic E-state index is -0.359. The minimum absolute atomic E-state index is 0.359. The fraction of sp³-hybridized carbons (Fsp3) is 0.222. The molecule has 5 heteroatoms. The molecule has 0 saturated carbocycles. The predicted molar refractivity (Wildman–Crippen MR) is 87.3 cm³/mol. The molecule has 0 saturated heterocycles. The number of hydrogen-bond donors (Lipinski definition) is 2. The number of aryl methyl sites for hydroxylation is 2. The number of aromatic nitrogens is 2. The van der Waals surface area contributed by atoms with Crippen molar-refractivity contribution in [3.63, 3.8) is 0 Å². The van der Waals surface area contributed by atoms with Crippen LogP contribution in [0.3, 0.4) is 0 Å². The molecule has 3 aromatic rings. The average Bonchev–Trinajstić information content (AvgIpc) is 2.91. The Balaban J connectivity index is 1.73. The van der Waals surface area contributed by atoms with E-state index in [0.717, 1.165) is 5.69 Å². The van der Waals surface area contributed by atoms with Gasteiger partial charge in [0.15, 0.2) is 0 Å². The Hall–Kier alpha value is -2.66. The molecule has 0 spiro atoms. The van der Waals surface area contributed by atoms with Crippen molar-refractivity contribution in [3.05, 3.63) is 81.3 Å². The van der Waals surface area contributed by atoms with Gasteiger partial charge in [0.25, 0.3) is 0 Å². The van der Waals surface area contributed by atoms with E-state index in [9.17, 15) is 4.79 Å². The molecule has 3 rings (SSSR count). The fourth-order valence-electron chi connectivity index (χ4n) is 2.38. The SMILES string of the molecule is Cc1ccc(CNCc2c(=O)o[nH][n+]2-c2ccc(C)cc2)cc1. The second-order valence-corrected chi connectivity index (χ2v) is 5.69.